The quantitative estimate of drug-likeness (QED) is 0.920. The highest BCUT2D eigenvalue weighted by Crippen LogP contribution is 2.22. The Hall–Kier alpha value is -1.10. The van der Waals surface area contributed by atoms with E-state index < -0.39 is 10.2 Å². The topological polar surface area (TPSA) is 73.2 Å². The number of anilines is 1. The molecule has 0 heterocycles. The third-order valence-corrected chi connectivity index (χ3v) is 4.60. The second-order valence-corrected chi connectivity index (χ2v) is 6.66. The second-order valence-electron chi connectivity index (χ2n) is 4.02. The highest BCUT2D eigenvalue weighted by atomic mass is 79.9. The molecule has 0 atom stereocenters. The van der Waals surface area contributed by atoms with Crippen LogP contribution in [0.2, 0.25) is 0 Å². The predicted molar refractivity (Wildman–Crippen MR) is 74.3 cm³/mol. The number of halogens is 1. The van der Waals surface area contributed by atoms with Crippen molar-refractivity contribution in [3.8, 4) is 6.07 Å². The van der Waals surface area contributed by atoms with Crippen LogP contribution in [0.25, 0.3) is 0 Å². The van der Waals surface area contributed by atoms with Gasteiger partial charge in [-0.2, -0.15) is 18.0 Å². The highest BCUT2D eigenvalue weighted by Gasteiger charge is 2.21. The lowest BCUT2D eigenvalue weighted by Crippen LogP contribution is -2.37. The third-order valence-electron chi connectivity index (χ3n) is 2.45. The Kier molecular flexibility index (Phi) is 4.73. The fraction of sp³-hybridized carbons (Fsp3) is 0.364. The highest BCUT2D eigenvalue weighted by molar-refractivity contribution is 9.10. The van der Waals surface area contributed by atoms with Gasteiger partial charge in [0.1, 0.15) is 6.07 Å². The summed E-state index contributed by atoms with van der Waals surface area (Å²) < 4.78 is 28.3. The average molecular weight is 332 g/mol. The Balaban J connectivity index is 3.12. The lowest BCUT2D eigenvalue weighted by Gasteiger charge is -2.22. The molecule has 0 aliphatic carbocycles. The number of hydrogen-bond donors (Lipinski definition) is 1. The summed E-state index contributed by atoms with van der Waals surface area (Å²) in [5.41, 5.74) is 0.540. The lowest BCUT2D eigenvalue weighted by atomic mass is 10.2. The summed E-state index contributed by atoms with van der Waals surface area (Å²) in [4.78, 5) is 0. The molecule has 1 aromatic carbocycles. The average Bonchev–Trinajstić information content (AvgIpc) is 2.27. The van der Waals surface area contributed by atoms with Crippen molar-refractivity contribution in [2.75, 3.05) is 11.8 Å². The normalized spacial score (nSPS) is 11.6. The first-order chi connectivity index (χ1) is 8.27. The van der Waals surface area contributed by atoms with Gasteiger partial charge in [-0.05, 0) is 32.0 Å². The van der Waals surface area contributed by atoms with Gasteiger partial charge in [0.25, 0.3) is 0 Å². The summed E-state index contributed by atoms with van der Waals surface area (Å²) in [5, 5.41) is 8.94. The fourth-order valence-electron chi connectivity index (χ4n) is 1.19. The Labute approximate surface area is 116 Å². The molecular weight excluding hydrogens is 318 g/mol. The van der Waals surface area contributed by atoms with Crippen LogP contribution in [0.5, 0.6) is 0 Å². The molecule has 1 N–H and O–H groups in total. The SMILES string of the molecule is CC(C)N(C)S(=O)(=O)Nc1cc(Br)ccc1C#N. The van der Waals surface area contributed by atoms with Gasteiger partial charge in [-0.25, -0.2) is 0 Å². The number of rotatable bonds is 4. The minimum atomic E-state index is -3.65. The number of nitrogens with zero attached hydrogens (tertiary/aromatic N) is 2. The number of nitrogens with one attached hydrogen (secondary N) is 1. The van der Waals surface area contributed by atoms with Crippen molar-refractivity contribution in [3.63, 3.8) is 0 Å². The molecule has 0 saturated heterocycles. The number of hydrogen-bond acceptors (Lipinski definition) is 3. The smallest absolute Gasteiger partial charge is 0.270 e. The molecule has 1 rings (SSSR count). The van der Waals surface area contributed by atoms with Crippen LogP contribution in [-0.2, 0) is 10.2 Å². The van der Waals surface area contributed by atoms with Crippen molar-refractivity contribution in [2.45, 2.75) is 19.9 Å². The van der Waals surface area contributed by atoms with Crippen LogP contribution in [0.4, 0.5) is 5.69 Å². The Morgan fingerprint density at radius 2 is 2.06 bits per heavy atom. The maximum absolute atomic E-state index is 12.0. The summed E-state index contributed by atoms with van der Waals surface area (Å²) in [6, 6.07) is 6.58. The van der Waals surface area contributed by atoms with Crippen molar-refractivity contribution in [2.24, 2.45) is 0 Å². The summed E-state index contributed by atoms with van der Waals surface area (Å²) in [5.74, 6) is 0. The summed E-state index contributed by atoms with van der Waals surface area (Å²) in [7, 11) is -2.17. The van der Waals surface area contributed by atoms with Crippen molar-refractivity contribution in [3.05, 3.63) is 28.2 Å². The van der Waals surface area contributed by atoms with E-state index in [2.05, 4.69) is 20.7 Å². The van der Waals surface area contributed by atoms with E-state index in [4.69, 9.17) is 5.26 Å². The number of nitriles is 1. The molecule has 7 heteroatoms. The fourth-order valence-corrected chi connectivity index (χ4v) is 2.69. The Bertz CT molecular complexity index is 578. The van der Waals surface area contributed by atoms with Crippen LogP contribution < -0.4 is 4.72 Å². The minimum Gasteiger partial charge on any atom is -0.270 e. The van der Waals surface area contributed by atoms with Crippen molar-refractivity contribution in [1.82, 2.24) is 4.31 Å². The van der Waals surface area contributed by atoms with E-state index >= 15 is 0 Å². The van der Waals surface area contributed by atoms with Gasteiger partial charge < -0.3 is 0 Å². The maximum atomic E-state index is 12.0. The molecule has 0 spiro atoms. The standard InChI is InChI=1S/C11H14BrN3O2S/c1-8(2)15(3)18(16,17)14-11-6-10(12)5-4-9(11)7-13/h4-6,8,14H,1-3H3. The summed E-state index contributed by atoms with van der Waals surface area (Å²) in [6.07, 6.45) is 0. The van der Waals surface area contributed by atoms with E-state index in [1.165, 1.54) is 11.4 Å². The van der Waals surface area contributed by atoms with E-state index in [1.807, 2.05) is 6.07 Å². The van der Waals surface area contributed by atoms with Gasteiger partial charge in [0.05, 0.1) is 11.3 Å². The van der Waals surface area contributed by atoms with Crippen LogP contribution in [0, 0.1) is 11.3 Å². The third kappa shape index (κ3) is 3.45. The monoisotopic (exact) mass is 331 g/mol. The molecule has 18 heavy (non-hydrogen) atoms. The molecule has 0 aliphatic heterocycles. The van der Waals surface area contributed by atoms with Crippen molar-refractivity contribution >= 4 is 31.8 Å². The predicted octanol–water partition coefficient (Wildman–Crippen LogP) is 2.32. The largest absolute Gasteiger partial charge is 0.301 e. The molecular formula is C11H14BrN3O2S. The van der Waals surface area contributed by atoms with Crippen LogP contribution >= 0.6 is 15.9 Å². The Morgan fingerprint density at radius 3 is 2.56 bits per heavy atom. The zero-order valence-corrected chi connectivity index (χ0v) is 12.7. The van der Waals surface area contributed by atoms with Gasteiger partial charge in [0, 0.05) is 17.6 Å². The van der Waals surface area contributed by atoms with E-state index in [1.54, 1.807) is 32.0 Å². The maximum Gasteiger partial charge on any atom is 0.301 e. The molecule has 0 bridgehead atoms. The van der Waals surface area contributed by atoms with Crippen molar-refractivity contribution in [1.29, 1.82) is 5.26 Å². The first-order valence-corrected chi connectivity index (χ1v) is 7.46. The van der Waals surface area contributed by atoms with Gasteiger partial charge >= 0.3 is 10.2 Å². The van der Waals surface area contributed by atoms with Crippen LogP contribution in [0.1, 0.15) is 19.4 Å². The van der Waals surface area contributed by atoms with Gasteiger partial charge in [0.2, 0.25) is 0 Å². The number of benzene rings is 1. The minimum absolute atomic E-state index is 0.166. The molecule has 1 aromatic rings. The van der Waals surface area contributed by atoms with E-state index in [-0.39, 0.29) is 17.3 Å². The molecule has 0 saturated carbocycles. The van der Waals surface area contributed by atoms with E-state index in [9.17, 15) is 8.42 Å². The molecule has 5 nitrogen and oxygen atoms in total. The van der Waals surface area contributed by atoms with Crippen LogP contribution in [-0.4, -0.2) is 25.8 Å². The molecule has 0 aromatic heterocycles. The Morgan fingerprint density at radius 1 is 1.44 bits per heavy atom. The van der Waals surface area contributed by atoms with Gasteiger partial charge in [-0.1, -0.05) is 15.9 Å². The van der Waals surface area contributed by atoms with E-state index in [0.717, 1.165) is 0 Å². The zero-order chi connectivity index (χ0) is 13.9. The van der Waals surface area contributed by atoms with Crippen molar-refractivity contribution < 1.29 is 8.42 Å². The first-order valence-electron chi connectivity index (χ1n) is 5.23. The summed E-state index contributed by atoms with van der Waals surface area (Å²) >= 11 is 3.24. The first kappa shape index (κ1) is 15.0. The lowest BCUT2D eigenvalue weighted by molar-refractivity contribution is 0.414. The molecule has 0 amide bonds. The van der Waals surface area contributed by atoms with Crippen LogP contribution in [0.3, 0.4) is 0 Å². The molecule has 0 fully saturated rings. The zero-order valence-electron chi connectivity index (χ0n) is 10.3. The molecule has 98 valence electrons. The second kappa shape index (κ2) is 5.69. The summed E-state index contributed by atoms with van der Waals surface area (Å²) in [6.45, 7) is 3.54. The van der Waals surface area contributed by atoms with Crippen LogP contribution in [0.15, 0.2) is 22.7 Å². The molecule has 0 aliphatic rings. The molecule has 0 radical (unpaired) electrons. The van der Waals surface area contributed by atoms with E-state index in [0.29, 0.717) is 4.47 Å². The molecule has 0 unspecified atom stereocenters. The van der Waals surface area contributed by atoms with Gasteiger partial charge in [0.15, 0.2) is 0 Å². The van der Waals surface area contributed by atoms with Gasteiger partial charge in [-0.3, -0.25) is 4.72 Å². The van der Waals surface area contributed by atoms with Gasteiger partial charge in [-0.15, -0.1) is 0 Å².